The van der Waals surface area contributed by atoms with Gasteiger partial charge in [0.15, 0.2) is 0 Å². The zero-order chi connectivity index (χ0) is 22.8. The Kier molecular flexibility index (Phi) is 5.82. The first kappa shape index (κ1) is 21.4. The van der Waals surface area contributed by atoms with Crippen LogP contribution in [-0.4, -0.2) is 25.5 Å². The molecule has 0 fully saturated rings. The lowest BCUT2D eigenvalue weighted by molar-refractivity contribution is -0.120. The van der Waals surface area contributed by atoms with Gasteiger partial charge in [0.25, 0.3) is 11.8 Å². The van der Waals surface area contributed by atoms with Crippen molar-refractivity contribution in [3.8, 4) is 5.75 Å². The Balaban J connectivity index is 1.84. The van der Waals surface area contributed by atoms with Crippen molar-refractivity contribution >= 4 is 28.8 Å². The van der Waals surface area contributed by atoms with Crippen LogP contribution in [0, 0.1) is 13.8 Å². The molecule has 0 bridgehead atoms. The van der Waals surface area contributed by atoms with Gasteiger partial charge in [-0.3, -0.25) is 9.59 Å². The van der Waals surface area contributed by atoms with E-state index in [1.807, 2.05) is 101 Å². The van der Waals surface area contributed by atoms with E-state index in [2.05, 4.69) is 0 Å². The van der Waals surface area contributed by atoms with Crippen LogP contribution >= 0.6 is 0 Å². The predicted molar refractivity (Wildman–Crippen MR) is 128 cm³/mol. The molecule has 3 aromatic rings. The van der Waals surface area contributed by atoms with Crippen LogP contribution in [0.25, 0.3) is 5.57 Å². The molecule has 0 saturated heterocycles. The summed E-state index contributed by atoms with van der Waals surface area (Å²) < 4.78 is 5.54. The summed E-state index contributed by atoms with van der Waals surface area (Å²) in [6.07, 6.45) is 0. The minimum Gasteiger partial charge on any atom is -0.494 e. The number of carbonyl (C=O) groups is 2. The number of anilines is 2. The van der Waals surface area contributed by atoms with E-state index in [4.69, 9.17) is 4.74 Å². The van der Waals surface area contributed by atoms with Gasteiger partial charge in [-0.15, -0.1) is 0 Å². The molecule has 0 atom stereocenters. The van der Waals surface area contributed by atoms with Crippen molar-refractivity contribution < 1.29 is 14.3 Å². The molecule has 1 aliphatic rings. The second-order valence-electron chi connectivity index (χ2n) is 7.79. The summed E-state index contributed by atoms with van der Waals surface area (Å²) in [5.74, 6) is 0.0475. The molecule has 5 nitrogen and oxygen atoms in total. The number of hydrogen-bond donors (Lipinski definition) is 0. The Morgan fingerprint density at radius 2 is 1.53 bits per heavy atom. The van der Waals surface area contributed by atoms with Gasteiger partial charge in [-0.25, -0.2) is 4.90 Å². The molecule has 0 unspecified atom stereocenters. The number of likely N-dealkylation sites (N-methyl/N-ethyl adjacent to an activating group) is 1. The maximum atomic E-state index is 13.7. The van der Waals surface area contributed by atoms with Crippen molar-refractivity contribution in [1.82, 2.24) is 0 Å². The van der Waals surface area contributed by atoms with E-state index in [1.54, 1.807) is 4.90 Å². The van der Waals surface area contributed by atoms with E-state index in [9.17, 15) is 9.59 Å². The average Bonchev–Trinajstić information content (AvgIpc) is 3.06. The Hall–Kier alpha value is -3.86. The summed E-state index contributed by atoms with van der Waals surface area (Å²) in [5.41, 5.74) is 4.93. The van der Waals surface area contributed by atoms with Crippen molar-refractivity contribution in [2.75, 3.05) is 23.5 Å². The average molecular weight is 427 g/mol. The summed E-state index contributed by atoms with van der Waals surface area (Å²) >= 11 is 0. The van der Waals surface area contributed by atoms with Gasteiger partial charge >= 0.3 is 0 Å². The smallest absolute Gasteiger partial charge is 0.282 e. The molecule has 162 valence electrons. The van der Waals surface area contributed by atoms with Gasteiger partial charge in [-0.2, -0.15) is 0 Å². The quantitative estimate of drug-likeness (QED) is 0.513. The molecule has 0 aromatic heterocycles. The highest BCUT2D eigenvalue weighted by Crippen LogP contribution is 2.37. The maximum Gasteiger partial charge on any atom is 0.282 e. The van der Waals surface area contributed by atoms with Crippen LogP contribution in [0.4, 0.5) is 11.4 Å². The molecule has 0 spiro atoms. The zero-order valence-corrected chi connectivity index (χ0v) is 18.8. The predicted octanol–water partition coefficient (Wildman–Crippen LogP) is 5.12. The number of nitrogens with zero attached hydrogens (tertiary/aromatic N) is 2. The van der Waals surface area contributed by atoms with Crippen molar-refractivity contribution in [1.29, 1.82) is 0 Å². The van der Waals surface area contributed by atoms with Gasteiger partial charge in [0.05, 0.1) is 17.9 Å². The van der Waals surface area contributed by atoms with Gasteiger partial charge < -0.3 is 9.64 Å². The second kappa shape index (κ2) is 8.71. The highest BCUT2D eigenvalue weighted by molar-refractivity contribution is 6.46. The van der Waals surface area contributed by atoms with E-state index in [0.29, 0.717) is 29.1 Å². The first-order chi connectivity index (χ1) is 15.4. The summed E-state index contributed by atoms with van der Waals surface area (Å²) in [5, 5.41) is 0. The number of amides is 2. The van der Waals surface area contributed by atoms with Gasteiger partial charge in [-0.05, 0) is 73.9 Å². The van der Waals surface area contributed by atoms with Crippen LogP contribution in [0.1, 0.15) is 23.6 Å². The van der Waals surface area contributed by atoms with Crippen LogP contribution in [-0.2, 0) is 9.59 Å². The Bertz CT molecular complexity index is 1200. The van der Waals surface area contributed by atoms with Gasteiger partial charge in [-0.1, -0.05) is 36.4 Å². The monoisotopic (exact) mass is 426 g/mol. The fourth-order valence-electron chi connectivity index (χ4n) is 3.85. The third kappa shape index (κ3) is 3.78. The lowest BCUT2D eigenvalue weighted by Crippen LogP contribution is -2.34. The van der Waals surface area contributed by atoms with Crippen LogP contribution < -0.4 is 14.5 Å². The highest BCUT2D eigenvalue weighted by Gasteiger charge is 2.42. The SMILES string of the molecule is CCOc1ccc(C2=C(N(C)c3ccccc3)C(=O)N(c3ccc(C)c(C)c3)C2=O)cc1. The molecule has 2 amide bonds. The summed E-state index contributed by atoms with van der Waals surface area (Å²) in [7, 11) is 1.81. The van der Waals surface area contributed by atoms with E-state index in [1.165, 1.54) is 4.90 Å². The molecular formula is C27H26N2O3. The molecule has 0 N–H and O–H groups in total. The minimum absolute atomic E-state index is 0.333. The first-order valence-corrected chi connectivity index (χ1v) is 10.6. The van der Waals surface area contributed by atoms with E-state index in [0.717, 1.165) is 22.6 Å². The van der Waals surface area contributed by atoms with Crippen LogP contribution in [0.3, 0.4) is 0 Å². The van der Waals surface area contributed by atoms with Crippen molar-refractivity contribution in [3.05, 3.63) is 95.2 Å². The number of aryl methyl sites for hydroxylation is 2. The number of ether oxygens (including phenoxy) is 1. The van der Waals surface area contributed by atoms with Gasteiger partial charge in [0.2, 0.25) is 0 Å². The molecule has 5 heteroatoms. The normalized spacial score (nSPS) is 13.7. The third-order valence-electron chi connectivity index (χ3n) is 5.74. The lowest BCUT2D eigenvalue weighted by atomic mass is 10.0. The number of hydrogen-bond acceptors (Lipinski definition) is 4. The topological polar surface area (TPSA) is 49.9 Å². The molecule has 0 aliphatic carbocycles. The van der Waals surface area contributed by atoms with Crippen molar-refractivity contribution in [2.45, 2.75) is 20.8 Å². The number of rotatable bonds is 6. The van der Waals surface area contributed by atoms with E-state index in [-0.39, 0.29) is 11.8 Å². The Morgan fingerprint density at radius 3 is 2.16 bits per heavy atom. The fourth-order valence-corrected chi connectivity index (χ4v) is 3.85. The Labute approximate surface area is 188 Å². The minimum atomic E-state index is -0.339. The number of carbonyl (C=O) groups excluding carboxylic acids is 2. The molecule has 4 rings (SSSR count). The maximum absolute atomic E-state index is 13.7. The molecule has 1 heterocycles. The van der Waals surface area contributed by atoms with Crippen LogP contribution in [0.15, 0.2) is 78.5 Å². The lowest BCUT2D eigenvalue weighted by Gasteiger charge is -2.22. The zero-order valence-electron chi connectivity index (χ0n) is 18.8. The summed E-state index contributed by atoms with van der Waals surface area (Å²) in [6.45, 7) is 6.46. The molecule has 0 radical (unpaired) electrons. The fraction of sp³-hybridized carbons (Fsp3) is 0.185. The Morgan fingerprint density at radius 1 is 0.844 bits per heavy atom. The first-order valence-electron chi connectivity index (χ1n) is 10.6. The number of imide groups is 1. The number of benzene rings is 3. The molecule has 1 aliphatic heterocycles. The van der Waals surface area contributed by atoms with E-state index < -0.39 is 0 Å². The van der Waals surface area contributed by atoms with Gasteiger partial charge in [0.1, 0.15) is 11.4 Å². The van der Waals surface area contributed by atoms with E-state index >= 15 is 0 Å². The molecule has 3 aromatic carbocycles. The standard InChI is InChI=1S/C27H26N2O3/c1-5-32-23-15-12-20(13-16-23)24-25(28(4)21-9-7-6-8-10-21)27(31)29(26(24)30)22-14-11-18(2)19(3)17-22/h6-17H,5H2,1-4H3. The van der Waals surface area contributed by atoms with Gasteiger partial charge in [0, 0.05) is 12.7 Å². The number of para-hydroxylation sites is 1. The summed E-state index contributed by atoms with van der Waals surface area (Å²) in [4.78, 5) is 30.4. The molecular weight excluding hydrogens is 400 g/mol. The van der Waals surface area contributed by atoms with Crippen molar-refractivity contribution in [3.63, 3.8) is 0 Å². The third-order valence-corrected chi connectivity index (χ3v) is 5.74. The second-order valence-corrected chi connectivity index (χ2v) is 7.79. The molecule has 0 saturated carbocycles. The van der Waals surface area contributed by atoms with Crippen LogP contribution in [0.2, 0.25) is 0 Å². The largest absolute Gasteiger partial charge is 0.494 e. The highest BCUT2D eigenvalue weighted by atomic mass is 16.5. The van der Waals surface area contributed by atoms with Crippen LogP contribution in [0.5, 0.6) is 5.75 Å². The summed E-state index contributed by atoms with van der Waals surface area (Å²) in [6, 6.07) is 22.5. The van der Waals surface area contributed by atoms with Crippen molar-refractivity contribution in [2.24, 2.45) is 0 Å². The molecule has 32 heavy (non-hydrogen) atoms.